The fourth-order valence-corrected chi connectivity index (χ4v) is 3.98. The van der Waals surface area contributed by atoms with Gasteiger partial charge in [0.05, 0.1) is 36.2 Å². The standard InChI is InChI=1S/C26H30N4O3/c1-5-21-20(16-27-30(21)17-18-9-7-6-8-10-18)24(31)28-19-11-12-23-22(15-19)29(13-14-33-23)25(32)26(2,3)4/h6-12,15-16H,5,13-14,17H2,1-4H3,(H,28,31). The summed E-state index contributed by atoms with van der Waals surface area (Å²) < 4.78 is 7.61. The normalized spacial score (nSPS) is 13.3. The summed E-state index contributed by atoms with van der Waals surface area (Å²) in [6.45, 7) is 9.24. The van der Waals surface area contributed by atoms with Crippen molar-refractivity contribution < 1.29 is 14.3 Å². The lowest BCUT2D eigenvalue weighted by molar-refractivity contribution is -0.126. The molecule has 1 aliphatic heterocycles. The van der Waals surface area contributed by atoms with E-state index in [0.29, 0.717) is 48.8 Å². The monoisotopic (exact) mass is 446 g/mol. The number of amides is 2. The molecule has 2 aromatic carbocycles. The fraction of sp³-hybridized carbons (Fsp3) is 0.346. The molecule has 172 valence electrons. The molecule has 0 saturated carbocycles. The van der Waals surface area contributed by atoms with Crippen LogP contribution in [0.4, 0.5) is 11.4 Å². The molecule has 0 aliphatic carbocycles. The van der Waals surface area contributed by atoms with E-state index in [1.807, 2.05) is 62.7 Å². The molecule has 1 aromatic heterocycles. The first-order chi connectivity index (χ1) is 15.8. The predicted molar refractivity (Wildman–Crippen MR) is 129 cm³/mol. The highest BCUT2D eigenvalue weighted by atomic mass is 16.5. The van der Waals surface area contributed by atoms with E-state index in [-0.39, 0.29) is 11.8 Å². The number of hydrogen-bond donors (Lipinski definition) is 1. The maximum Gasteiger partial charge on any atom is 0.259 e. The van der Waals surface area contributed by atoms with Gasteiger partial charge in [0.15, 0.2) is 0 Å². The van der Waals surface area contributed by atoms with Gasteiger partial charge in [-0.2, -0.15) is 5.10 Å². The smallest absolute Gasteiger partial charge is 0.259 e. The number of fused-ring (bicyclic) bond motifs is 1. The van der Waals surface area contributed by atoms with Gasteiger partial charge in [-0.25, -0.2) is 0 Å². The van der Waals surface area contributed by atoms with E-state index in [2.05, 4.69) is 10.4 Å². The van der Waals surface area contributed by atoms with Crippen molar-refractivity contribution in [1.82, 2.24) is 9.78 Å². The molecule has 0 saturated heterocycles. The maximum absolute atomic E-state index is 13.1. The van der Waals surface area contributed by atoms with Gasteiger partial charge in [-0.3, -0.25) is 14.3 Å². The van der Waals surface area contributed by atoms with Crippen molar-refractivity contribution in [3.05, 3.63) is 71.5 Å². The summed E-state index contributed by atoms with van der Waals surface area (Å²) in [6.07, 6.45) is 2.30. The van der Waals surface area contributed by atoms with E-state index in [1.165, 1.54) is 0 Å². The molecule has 7 nitrogen and oxygen atoms in total. The average molecular weight is 447 g/mol. The number of nitrogens with zero attached hydrogens (tertiary/aromatic N) is 3. The summed E-state index contributed by atoms with van der Waals surface area (Å²) in [7, 11) is 0. The Kier molecular flexibility index (Phi) is 6.22. The van der Waals surface area contributed by atoms with Crippen molar-refractivity contribution in [2.75, 3.05) is 23.4 Å². The Morgan fingerprint density at radius 2 is 1.88 bits per heavy atom. The molecular weight excluding hydrogens is 416 g/mol. The van der Waals surface area contributed by atoms with Crippen molar-refractivity contribution >= 4 is 23.2 Å². The third-order valence-electron chi connectivity index (χ3n) is 5.67. The molecular formula is C26H30N4O3. The molecule has 1 N–H and O–H groups in total. The number of carbonyl (C=O) groups is 2. The van der Waals surface area contributed by atoms with E-state index in [4.69, 9.17) is 4.74 Å². The van der Waals surface area contributed by atoms with Gasteiger partial charge in [0.2, 0.25) is 5.91 Å². The van der Waals surface area contributed by atoms with Crippen LogP contribution in [0.3, 0.4) is 0 Å². The number of hydrogen-bond acceptors (Lipinski definition) is 4. The number of carbonyl (C=O) groups excluding carboxylic acids is 2. The number of aromatic nitrogens is 2. The fourth-order valence-electron chi connectivity index (χ4n) is 3.98. The highest BCUT2D eigenvalue weighted by Gasteiger charge is 2.32. The lowest BCUT2D eigenvalue weighted by Gasteiger charge is -2.34. The minimum Gasteiger partial charge on any atom is -0.490 e. The molecule has 33 heavy (non-hydrogen) atoms. The number of benzene rings is 2. The third kappa shape index (κ3) is 4.77. The van der Waals surface area contributed by atoms with Crippen LogP contribution in [0.2, 0.25) is 0 Å². The summed E-state index contributed by atoms with van der Waals surface area (Å²) in [5.74, 6) is 0.435. The zero-order valence-electron chi connectivity index (χ0n) is 19.6. The van der Waals surface area contributed by atoms with Crippen LogP contribution in [-0.2, 0) is 17.8 Å². The number of ether oxygens (including phenoxy) is 1. The number of rotatable bonds is 5. The topological polar surface area (TPSA) is 76.5 Å². The Labute approximate surface area is 194 Å². The van der Waals surface area contributed by atoms with E-state index in [0.717, 1.165) is 11.3 Å². The average Bonchev–Trinajstić information content (AvgIpc) is 3.20. The molecule has 2 amide bonds. The Morgan fingerprint density at radius 3 is 2.58 bits per heavy atom. The van der Waals surface area contributed by atoms with Crippen LogP contribution >= 0.6 is 0 Å². The summed E-state index contributed by atoms with van der Waals surface area (Å²) in [6, 6.07) is 15.4. The summed E-state index contributed by atoms with van der Waals surface area (Å²) >= 11 is 0. The summed E-state index contributed by atoms with van der Waals surface area (Å²) in [5, 5.41) is 7.43. The Hall–Kier alpha value is -3.61. The van der Waals surface area contributed by atoms with Crippen molar-refractivity contribution in [2.24, 2.45) is 5.41 Å². The summed E-state index contributed by atoms with van der Waals surface area (Å²) in [4.78, 5) is 27.8. The van der Waals surface area contributed by atoms with Gasteiger partial charge in [-0.15, -0.1) is 0 Å². The number of nitrogens with one attached hydrogen (secondary N) is 1. The van der Waals surface area contributed by atoms with Crippen LogP contribution < -0.4 is 15.0 Å². The number of anilines is 2. The quantitative estimate of drug-likeness (QED) is 0.625. The molecule has 0 fully saturated rings. The molecule has 0 radical (unpaired) electrons. The van der Waals surface area contributed by atoms with Gasteiger partial charge in [-0.1, -0.05) is 58.0 Å². The van der Waals surface area contributed by atoms with Crippen molar-refractivity contribution in [3.8, 4) is 5.75 Å². The molecule has 3 aromatic rings. The van der Waals surface area contributed by atoms with Gasteiger partial charge in [-0.05, 0) is 30.2 Å². The van der Waals surface area contributed by atoms with Crippen LogP contribution in [0.1, 0.15) is 49.3 Å². The van der Waals surface area contributed by atoms with Gasteiger partial charge in [0.1, 0.15) is 12.4 Å². The second kappa shape index (κ2) is 9.10. The first-order valence-corrected chi connectivity index (χ1v) is 11.3. The minimum absolute atomic E-state index is 0.0194. The molecule has 2 heterocycles. The molecule has 0 bridgehead atoms. The van der Waals surface area contributed by atoms with Gasteiger partial charge in [0.25, 0.3) is 5.91 Å². The highest BCUT2D eigenvalue weighted by molar-refractivity contribution is 6.06. The van der Waals surface area contributed by atoms with Crippen molar-refractivity contribution in [3.63, 3.8) is 0 Å². The van der Waals surface area contributed by atoms with Crippen molar-refractivity contribution in [2.45, 2.75) is 40.7 Å². The first kappa shape index (κ1) is 22.6. The SMILES string of the molecule is CCc1c(C(=O)Nc2ccc3c(c2)N(C(=O)C(C)(C)C)CCO3)cnn1Cc1ccccc1. The zero-order valence-corrected chi connectivity index (χ0v) is 19.6. The van der Waals surface area contributed by atoms with Crippen LogP contribution in [0.5, 0.6) is 5.75 Å². The molecule has 0 unspecified atom stereocenters. The lowest BCUT2D eigenvalue weighted by atomic mass is 9.94. The van der Waals surface area contributed by atoms with Crippen LogP contribution in [0.25, 0.3) is 0 Å². The van der Waals surface area contributed by atoms with Crippen LogP contribution in [-0.4, -0.2) is 34.7 Å². The predicted octanol–water partition coefficient (Wildman–Crippen LogP) is 4.52. The molecule has 0 spiro atoms. The molecule has 0 atom stereocenters. The van der Waals surface area contributed by atoms with Crippen LogP contribution in [0.15, 0.2) is 54.7 Å². The second-order valence-electron chi connectivity index (χ2n) is 9.19. The second-order valence-corrected chi connectivity index (χ2v) is 9.19. The van der Waals surface area contributed by atoms with E-state index in [9.17, 15) is 9.59 Å². The Morgan fingerprint density at radius 1 is 1.12 bits per heavy atom. The highest BCUT2D eigenvalue weighted by Crippen LogP contribution is 2.36. The van der Waals surface area contributed by atoms with Gasteiger partial charge in [0, 0.05) is 11.1 Å². The summed E-state index contributed by atoms with van der Waals surface area (Å²) in [5.41, 5.74) is 3.31. The lowest BCUT2D eigenvalue weighted by Crippen LogP contribution is -2.44. The Balaban J connectivity index is 1.57. The first-order valence-electron chi connectivity index (χ1n) is 11.3. The molecule has 4 rings (SSSR count). The molecule has 1 aliphatic rings. The van der Waals surface area contributed by atoms with Gasteiger partial charge >= 0.3 is 0 Å². The zero-order chi connectivity index (χ0) is 23.6. The largest absolute Gasteiger partial charge is 0.490 e. The van der Waals surface area contributed by atoms with Crippen LogP contribution in [0, 0.1) is 5.41 Å². The Bertz CT molecular complexity index is 1160. The maximum atomic E-state index is 13.1. The third-order valence-corrected chi connectivity index (χ3v) is 5.67. The van der Waals surface area contributed by atoms with E-state index in [1.54, 1.807) is 29.3 Å². The van der Waals surface area contributed by atoms with Gasteiger partial charge < -0.3 is 15.0 Å². The van der Waals surface area contributed by atoms with E-state index < -0.39 is 5.41 Å². The minimum atomic E-state index is -0.517. The molecule has 7 heteroatoms. The van der Waals surface area contributed by atoms with Crippen molar-refractivity contribution in [1.29, 1.82) is 0 Å². The van der Waals surface area contributed by atoms with E-state index >= 15 is 0 Å².